The van der Waals surface area contributed by atoms with Crippen molar-refractivity contribution < 1.29 is 22.3 Å². The van der Waals surface area contributed by atoms with Crippen molar-refractivity contribution in [3.63, 3.8) is 0 Å². The zero-order chi connectivity index (χ0) is 25.2. The molecule has 35 heavy (non-hydrogen) atoms. The van der Waals surface area contributed by atoms with Crippen LogP contribution >= 0.6 is 0 Å². The van der Waals surface area contributed by atoms with E-state index in [1.807, 2.05) is 6.92 Å². The Labute approximate surface area is 201 Å². The molecule has 1 heterocycles. The minimum Gasteiger partial charge on any atom is -0.497 e. The molecule has 0 bridgehead atoms. The maximum atomic E-state index is 13.4. The van der Waals surface area contributed by atoms with Crippen molar-refractivity contribution in [1.82, 2.24) is 4.57 Å². The second-order valence-electron chi connectivity index (χ2n) is 7.89. The Morgan fingerprint density at radius 3 is 2.34 bits per heavy atom. The number of hydrogen-bond donors (Lipinski definition) is 1. The first-order valence-corrected chi connectivity index (χ1v) is 12.3. The molecule has 0 fully saturated rings. The molecular formula is C26H23FN2O5S. The van der Waals surface area contributed by atoms with E-state index in [-0.39, 0.29) is 16.8 Å². The number of ether oxygens (including phenoxy) is 1. The quantitative estimate of drug-likeness (QED) is 0.416. The zero-order valence-electron chi connectivity index (χ0n) is 19.1. The van der Waals surface area contributed by atoms with Gasteiger partial charge in [-0.05, 0) is 66.6 Å². The number of carbonyl (C=O) groups is 1. The number of rotatable bonds is 7. The topological polar surface area (TPSA) is 94.5 Å². The smallest absolute Gasteiger partial charge is 0.244 e. The zero-order valence-corrected chi connectivity index (χ0v) is 19.9. The van der Waals surface area contributed by atoms with Gasteiger partial charge in [-0.15, -0.1) is 0 Å². The van der Waals surface area contributed by atoms with Gasteiger partial charge in [0.2, 0.25) is 21.2 Å². The van der Waals surface area contributed by atoms with Crippen molar-refractivity contribution in [2.24, 2.45) is 0 Å². The molecule has 3 aromatic carbocycles. The Morgan fingerprint density at radius 2 is 1.71 bits per heavy atom. The number of anilines is 1. The van der Waals surface area contributed by atoms with Crippen LogP contribution < -0.4 is 15.5 Å². The van der Waals surface area contributed by atoms with Gasteiger partial charge in [0, 0.05) is 11.9 Å². The second kappa shape index (κ2) is 9.71. The number of aromatic nitrogens is 1. The Kier molecular flexibility index (Phi) is 6.70. The number of fused-ring (bicyclic) bond motifs is 1. The van der Waals surface area contributed by atoms with Gasteiger partial charge in [0.05, 0.1) is 22.9 Å². The molecule has 0 aliphatic rings. The molecule has 0 aliphatic carbocycles. The van der Waals surface area contributed by atoms with Gasteiger partial charge in [-0.25, -0.2) is 12.8 Å². The fourth-order valence-electron chi connectivity index (χ4n) is 3.72. The fraction of sp³-hybridized carbons (Fsp3) is 0.154. The Balaban J connectivity index is 1.82. The highest BCUT2D eigenvalue weighted by molar-refractivity contribution is 7.91. The first-order chi connectivity index (χ1) is 16.7. The molecule has 0 radical (unpaired) electrons. The summed E-state index contributed by atoms with van der Waals surface area (Å²) in [4.78, 5) is 25.6. The summed E-state index contributed by atoms with van der Waals surface area (Å²) >= 11 is 0. The number of hydrogen-bond acceptors (Lipinski definition) is 5. The lowest BCUT2D eigenvalue weighted by Crippen LogP contribution is -2.24. The average molecular weight is 495 g/mol. The van der Waals surface area contributed by atoms with Gasteiger partial charge in [-0.3, -0.25) is 9.59 Å². The predicted octanol–water partition coefficient (Wildman–Crippen LogP) is 4.18. The van der Waals surface area contributed by atoms with Gasteiger partial charge >= 0.3 is 0 Å². The van der Waals surface area contributed by atoms with Gasteiger partial charge in [-0.1, -0.05) is 19.1 Å². The lowest BCUT2D eigenvalue weighted by Gasteiger charge is -2.15. The van der Waals surface area contributed by atoms with Crippen LogP contribution in [0.2, 0.25) is 0 Å². The number of nitrogens with zero attached hydrogens (tertiary/aromatic N) is 1. The maximum absolute atomic E-state index is 13.4. The molecule has 0 unspecified atom stereocenters. The van der Waals surface area contributed by atoms with Crippen LogP contribution in [0.15, 0.2) is 87.5 Å². The number of carbonyl (C=O) groups excluding carboxylic acids is 1. The highest BCUT2D eigenvalue weighted by Crippen LogP contribution is 2.24. The molecule has 4 rings (SSSR count). The minimum atomic E-state index is -4.18. The van der Waals surface area contributed by atoms with E-state index in [9.17, 15) is 22.4 Å². The van der Waals surface area contributed by atoms with Gasteiger partial charge in [-0.2, -0.15) is 0 Å². The Bertz CT molecular complexity index is 1560. The molecule has 7 nitrogen and oxygen atoms in total. The molecule has 0 saturated heterocycles. The molecular weight excluding hydrogens is 471 g/mol. The van der Waals surface area contributed by atoms with Crippen LogP contribution in [0, 0.1) is 5.82 Å². The highest BCUT2D eigenvalue weighted by atomic mass is 32.2. The standard InChI is InChI=1S/C26H23FN2O5S/c1-3-17-4-11-21(12-5-17)35(32,33)24-15-29(16-25(30)28-19-8-6-18(27)7-9-19)23-13-10-20(34-2)14-22(23)26(24)31/h4-15H,3,16H2,1-2H3,(H,28,30). The van der Waals surface area contributed by atoms with E-state index in [0.29, 0.717) is 17.0 Å². The third-order valence-corrected chi connectivity index (χ3v) is 7.39. The van der Waals surface area contributed by atoms with E-state index in [4.69, 9.17) is 4.74 Å². The third kappa shape index (κ3) is 4.95. The number of halogens is 1. The number of aryl methyl sites for hydroxylation is 1. The largest absolute Gasteiger partial charge is 0.497 e. The van der Waals surface area contributed by atoms with Crippen LogP contribution in [0.25, 0.3) is 10.9 Å². The molecule has 0 aliphatic heterocycles. The maximum Gasteiger partial charge on any atom is 0.244 e. The van der Waals surface area contributed by atoms with Crippen LogP contribution in [-0.4, -0.2) is 26.0 Å². The van der Waals surface area contributed by atoms with E-state index in [2.05, 4.69) is 5.32 Å². The first-order valence-electron chi connectivity index (χ1n) is 10.8. The van der Waals surface area contributed by atoms with Crippen molar-refractivity contribution in [3.05, 3.63) is 94.5 Å². The minimum absolute atomic E-state index is 0.0173. The second-order valence-corrected chi connectivity index (χ2v) is 9.81. The molecule has 0 saturated carbocycles. The SMILES string of the molecule is CCc1ccc(S(=O)(=O)c2cn(CC(=O)Nc3ccc(F)cc3)c3ccc(OC)cc3c2=O)cc1. The lowest BCUT2D eigenvalue weighted by atomic mass is 10.2. The van der Waals surface area contributed by atoms with Gasteiger partial charge in [0.1, 0.15) is 23.0 Å². The van der Waals surface area contributed by atoms with Crippen molar-refractivity contribution in [1.29, 1.82) is 0 Å². The van der Waals surface area contributed by atoms with E-state index >= 15 is 0 Å². The lowest BCUT2D eigenvalue weighted by molar-refractivity contribution is -0.116. The Morgan fingerprint density at radius 1 is 1.03 bits per heavy atom. The summed E-state index contributed by atoms with van der Waals surface area (Å²) in [5.74, 6) is -0.544. The molecule has 9 heteroatoms. The molecule has 4 aromatic rings. The van der Waals surface area contributed by atoms with Crippen LogP contribution in [0.4, 0.5) is 10.1 Å². The summed E-state index contributed by atoms with van der Waals surface area (Å²) in [6.07, 6.45) is 1.93. The van der Waals surface area contributed by atoms with Crippen LogP contribution in [0.5, 0.6) is 5.75 Å². The monoisotopic (exact) mass is 494 g/mol. The van der Waals surface area contributed by atoms with Gasteiger partial charge < -0.3 is 14.6 Å². The van der Waals surface area contributed by atoms with Crippen LogP contribution in [-0.2, 0) is 27.6 Å². The fourth-order valence-corrected chi connectivity index (χ4v) is 5.09. The molecule has 1 amide bonds. The summed E-state index contributed by atoms with van der Waals surface area (Å²) in [6, 6.07) is 16.2. The summed E-state index contributed by atoms with van der Waals surface area (Å²) in [5.41, 5.74) is 1.02. The molecule has 180 valence electrons. The van der Waals surface area contributed by atoms with Gasteiger partial charge in [0.15, 0.2) is 0 Å². The number of pyridine rings is 1. The third-order valence-electron chi connectivity index (χ3n) is 5.63. The predicted molar refractivity (Wildman–Crippen MR) is 131 cm³/mol. The van der Waals surface area contributed by atoms with Crippen molar-refractivity contribution in [3.8, 4) is 5.75 Å². The normalized spacial score (nSPS) is 11.4. The molecule has 1 aromatic heterocycles. The van der Waals surface area contributed by atoms with Crippen molar-refractivity contribution in [2.75, 3.05) is 12.4 Å². The van der Waals surface area contributed by atoms with E-state index in [0.717, 1.165) is 12.0 Å². The number of benzene rings is 3. The molecule has 0 atom stereocenters. The summed E-state index contributed by atoms with van der Waals surface area (Å²) in [7, 11) is -2.74. The first kappa shape index (κ1) is 24.2. The summed E-state index contributed by atoms with van der Waals surface area (Å²) in [6.45, 7) is 1.67. The summed E-state index contributed by atoms with van der Waals surface area (Å²) < 4.78 is 46.7. The van der Waals surface area contributed by atoms with Crippen molar-refractivity contribution >= 4 is 32.3 Å². The molecule has 0 spiro atoms. The number of sulfone groups is 1. The number of methoxy groups -OCH3 is 1. The highest BCUT2D eigenvalue weighted by Gasteiger charge is 2.24. The number of nitrogens with one attached hydrogen (secondary N) is 1. The van der Waals surface area contributed by atoms with Crippen LogP contribution in [0.3, 0.4) is 0 Å². The number of amides is 1. The average Bonchev–Trinajstić information content (AvgIpc) is 2.86. The van der Waals surface area contributed by atoms with E-state index in [1.54, 1.807) is 24.3 Å². The van der Waals surface area contributed by atoms with E-state index < -0.39 is 31.9 Å². The van der Waals surface area contributed by atoms with Crippen molar-refractivity contribution in [2.45, 2.75) is 29.7 Å². The summed E-state index contributed by atoms with van der Waals surface area (Å²) in [5, 5.41) is 2.75. The van der Waals surface area contributed by atoms with E-state index in [1.165, 1.54) is 60.3 Å². The Hall–Kier alpha value is -3.98. The van der Waals surface area contributed by atoms with Crippen LogP contribution in [0.1, 0.15) is 12.5 Å². The van der Waals surface area contributed by atoms with Gasteiger partial charge in [0.25, 0.3) is 0 Å². The molecule has 1 N–H and O–H groups in total.